The number of primary amides is 1. The maximum absolute atomic E-state index is 12.4. The summed E-state index contributed by atoms with van der Waals surface area (Å²) in [4.78, 5) is 28.4. The Morgan fingerprint density at radius 3 is 2.29 bits per heavy atom. The number of carbonyl (C=O) groups excluding carboxylic acids is 2. The van der Waals surface area contributed by atoms with Crippen LogP contribution in [0, 0.1) is 11.6 Å². The van der Waals surface area contributed by atoms with E-state index in [0.29, 0.717) is 11.6 Å². The number of carbonyl (C=O) groups is 2. The van der Waals surface area contributed by atoms with E-state index in [9.17, 15) is 26.7 Å². The maximum Gasteiger partial charge on any atom is 0.470 e. The summed E-state index contributed by atoms with van der Waals surface area (Å²) in [6.45, 7) is 0. The van der Waals surface area contributed by atoms with Crippen LogP contribution in [0.2, 0.25) is 0 Å². The van der Waals surface area contributed by atoms with E-state index in [1.165, 1.54) is 30.0 Å². The molecule has 1 aliphatic rings. The van der Waals surface area contributed by atoms with Crippen LogP contribution in [-0.2, 0) is 17.6 Å². The van der Waals surface area contributed by atoms with Gasteiger partial charge in [0.1, 0.15) is 17.3 Å². The first-order valence-electron chi connectivity index (χ1n) is 14.8. The van der Waals surface area contributed by atoms with Gasteiger partial charge < -0.3 is 16.8 Å². The number of benzene rings is 3. The molecule has 6 aromatic rings. The first kappa shape index (κ1) is 34.2. The molecule has 0 bridgehead atoms. The molecule has 3 aromatic heterocycles. The molecule has 3 heterocycles. The predicted octanol–water partition coefficient (Wildman–Crippen LogP) is 7.08. The van der Waals surface area contributed by atoms with E-state index in [2.05, 4.69) is 34.2 Å². The Kier molecular flexibility index (Phi) is 10.3. The molecule has 3 aromatic carbocycles. The van der Waals surface area contributed by atoms with Crippen LogP contribution in [0.1, 0.15) is 27.9 Å². The fourth-order valence-corrected chi connectivity index (χ4v) is 5.10. The molecule has 49 heavy (non-hydrogen) atoms. The Hall–Kier alpha value is -6.18. The Bertz CT molecular complexity index is 2110. The summed E-state index contributed by atoms with van der Waals surface area (Å²) in [5.41, 5.74) is 18.5. The summed E-state index contributed by atoms with van der Waals surface area (Å²) in [5.74, 6) is -3.34. The van der Waals surface area contributed by atoms with E-state index in [1.807, 2.05) is 59.2 Å². The van der Waals surface area contributed by atoms with E-state index in [0.717, 1.165) is 52.3 Å². The number of anilines is 3. The Morgan fingerprint density at radius 1 is 0.898 bits per heavy atom. The first-order valence-corrected chi connectivity index (χ1v) is 14.8. The summed E-state index contributed by atoms with van der Waals surface area (Å²) in [6.07, 6.45) is 2.56. The highest BCUT2D eigenvalue weighted by atomic mass is 19.4. The quantitative estimate of drug-likeness (QED) is 0.101. The number of aromatic nitrogens is 4. The molecular weight excluding hydrogens is 645 g/mol. The standard InChI is InChI=1S/C26H22N6.C7H4F2O.C2H2F3NO/c27-20-8-4-7-19(15-20)25-24(23-9-1-2-14-32(23)31-25)22-12-13-28-26(30-22)29-21-11-10-17-5-3-6-18(17)16-21;8-6-2-1-3-7(9)5(6)4-10;3-2(4,5)1(6)7/h1-2,4,7-16H,3,5-6,27H2,(H,28,29,30);1-4H;(H2,6,7). The van der Waals surface area contributed by atoms with Gasteiger partial charge in [0.15, 0.2) is 6.29 Å². The Balaban J connectivity index is 0.000000228. The zero-order valence-corrected chi connectivity index (χ0v) is 25.6. The van der Waals surface area contributed by atoms with Crippen molar-refractivity contribution in [2.24, 2.45) is 5.73 Å². The lowest BCUT2D eigenvalue weighted by atomic mass is 10.0. The number of nitrogens with one attached hydrogen (secondary N) is 1. The first-order chi connectivity index (χ1) is 23.4. The molecule has 0 spiro atoms. The van der Waals surface area contributed by atoms with Crippen molar-refractivity contribution in [2.75, 3.05) is 11.1 Å². The van der Waals surface area contributed by atoms with E-state index < -0.39 is 29.3 Å². The number of amides is 1. The van der Waals surface area contributed by atoms with Crippen LogP contribution >= 0.6 is 0 Å². The minimum atomic E-state index is -4.86. The second kappa shape index (κ2) is 14.7. The van der Waals surface area contributed by atoms with E-state index in [1.54, 1.807) is 6.20 Å². The highest BCUT2D eigenvalue weighted by Crippen LogP contribution is 2.35. The highest BCUT2D eigenvalue weighted by molar-refractivity contribution is 5.91. The number of nitrogens with two attached hydrogens (primary N) is 2. The second-order valence-corrected chi connectivity index (χ2v) is 10.7. The monoisotopic (exact) mass is 673 g/mol. The number of nitrogens with zero attached hydrogens (tertiary/aromatic N) is 4. The molecule has 14 heteroatoms. The zero-order chi connectivity index (χ0) is 35.1. The number of rotatable bonds is 5. The molecular formula is C35H28F5N7O2. The van der Waals surface area contributed by atoms with Crippen LogP contribution in [-0.4, -0.2) is 38.0 Å². The van der Waals surface area contributed by atoms with Crippen molar-refractivity contribution in [3.63, 3.8) is 0 Å². The van der Waals surface area contributed by atoms with Gasteiger partial charge >= 0.3 is 12.1 Å². The lowest BCUT2D eigenvalue weighted by molar-refractivity contribution is -0.169. The van der Waals surface area contributed by atoms with Gasteiger partial charge in [0, 0.05) is 29.3 Å². The molecule has 9 nitrogen and oxygen atoms in total. The lowest BCUT2D eigenvalue weighted by Gasteiger charge is -2.09. The fourth-order valence-electron chi connectivity index (χ4n) is 5.10. The van der Waals surface area contributed by atoms with Crippen molar-refractivity contribution in [3.8, 4) is 22.5 Å². The lowest BCUT2D eigenvalue weighted by Crippen LogP contribution is -2.30. The molecule has 0 radical (unpaired) electrons. The van der Waals surface area contributed by atoms with Gasteiger partial charge in [-0.15, -0.1) is 0 Å². The summed E-state index contributed by atoms with van der Waals surface area (Å²) in [6, 6.07) is 25.5. The minimum absolute atomic E-state index is 0.157. The highest BCUT2D eigenvalue weighted by Gasteiger charge is 2.35. The Labute approximate surface area is 276 Å². The average Bonchev–Trinajstić information content (AvgIpc) is 3.70. The summed E-state index contributed by atoms with van der Waals surface area (Å²) in [5, 5.41) is 8.22. The van der Waals surface area contributed by atoms with Crippen LogP contribution in [0.4, 0.5) is 39.3 Å². The van der Waals surface area contributed by atoms with Crippen LogP contribution in [0.3, 0.4) is 0 Å². The molecule has 1 aliphatic carbocycles. The van der Waals surface area contributed by atoms with Crippen molar-refractivity contribution in [2.45, 2.75) is 25.4 Å². The van der Waals surface area contributed by atoms with Gasteiger partial charge in [0.25, 0.3) is 0 Å². The number of pyridine rings is 1. The molecule has 7 rings (SSSR count). The SMILES string of the molecule is NC(=O)C(F)(F)F.Nc1cccc(-c2nn3ccccc3c2-c2ccnc(Nc3ccc4c(c3)CCC4)n2)c1.O=Cc1c(F)cccc1F. The third-order valence-corrected chi connectivity index (χ3v) is 7.36. The normalized spacial score (nSPS) is 11.9. The summed E-state index contributed by atoms with van der Waals surface area (Å²) >= 11 is 0. The van der Waals surface area contributed by atoms with E-state index in [4.69, 9.17) is 20.6 Å². The molecule has 0 aliphatic heterocycles. The largest absolute Gasteiger partial charge is 0.470 e. The molecule has 0 saturated heterocycles. The number of hydrogen-bond acceptors (Lipinski definition) is 7. The maximum atomic E-state index is 12.4. The molecule has 0 atom stereocenters. The number of alkyl halides is 3. The van der Waals surface area contributed by atoms with Gasteiger partial charge in [-0.05, 0) is 85.0 Å². The number of halogens is 5. The van der Waals surface area contributed by atoms with Gasteiger partial charge in [-0.2, -0.15) is 18.3 Å². The van der Waals surface area contributed by atoms with Gasteiger partial charge in [0.05, 0.1) is 22.3 Å². The van der Waals surface area contributed by atoms with Crippen molar-refractivity contribution in [1.29, 1.82) is 0 Å². The topological polar surface area (TPSA) is 141 Å². The van der Waals surface area contributed by atoms with E-state index >= 15 is 0 Å². The van der Waals surface area contributed by atoms with Crippen LogP contribution in [0.5, 0.6) is 0 Å². The number of fused-ring (bicyclic) bond motifs is 2. The van der Waals surface area contributed by atoms with Gasteiger partial charge in [-0.1, -0.05) is 30.3 Å². The number of nitrogen functional groups attached to an aromatic ring is 1. The average molecular weight is 674 g/mol. The molecule has 250 valence electrons. The molecule has 5 N–H and O–H groups in total. The van der Waals surface area contributed by atoms with Gasteiger partial charge in [0.2, 0.25) is 5.95 Å². The predicted molar refractivity (Wildman–Crippen MR) is 175 cm³/mol. The number of aldehydes is 1. The van der Waals surface area contributed by atoms with Crippen molar-refractivity contribution in [1.82, 2.24) is 19.6 Å². The van der Waals surface area contributed by atoms with Crippen molar-refractivity contribution >= 4 is 35.0 Å². The number of aryl methyl sites for hydroxylation is 2. The Morgan fingerprint density at radius 2 is 1.61 bits per heavy atom. The zero-order valence-electron chi connectivity index (χ0n) is 25.6. The summed E-state index contributed by atoms with van der Waals surface area (Å²) in [7, 11) is 0. The van der Waals surface area contributed by atoms with Gasteiger partial charge in [-0.25, -0.2) is 23.3 Å². The molecule has 1 amide bonds. The summed E-state index contributed by atoms with van der Waals surface area (Å²) < 4.78 is 58.7. The fraction of sp³-hybridized carbons (Fsp3) is 0.114. The molecule has 0 unspecified atom stereocenters. The minimum Gasteiger partial charge on any atom is -0.399 e. The van der Waals surface area contributed by atoms with Crippen molar-refractivity contribution in [3.05, 3.63) is 126 Å². The van der Waals surface area contributed by atoms with Crippen LogP contribution in [0.25, 0.3) is 28.0 Å². The molecule has 0 fully saturated rings. The third-order valence-electron chi connectivity index (χ3n) is 7.36. The van der Waals surface area contributed by atoms with Crippen LogP contribution in [0.15, 0.2) is 97.3 Å². The smallest absolute Gasteiger partial charge is 0.399 e. The van der Waals surface area contributed by atoms with Crippen molar-refractivity contribution < 1.29 is 31.5 Å². The molecule has 0 saturated carbocycles. The van der Waals surface area contributed by atoms with Crippen LogP contribution < -0.4 is 16.8 Å². The number of hydrogen-bond donors (Lipinski definition) is 3. The van der Waals surface area contributed by atoms with E-state index in [-0.39, 0.29) is 6.29 Å². The van der Waals surface area contributed by atoms with Gasteiger partial charge in [-0.3, -0.25) is 9.59 Å². The second-order valence-electron chi connectivity index (χ2n) is 10.7. The third kappa shape index (κ3) is 8.22.